The number of benzene rings is 2. The lowest BCUT2D eigenvalue weighted by Gasteiger charge is -2.05. The Morgan fingerprint density at radius 1 is 1.08 bits per heavy atom. The van der Waals surface area contributed by atoms with Crippen LogP contribution < -0.4 is 15.8 Å². The maximum Gasteiger partial charge on any atom is 0.255 e. The number of nitrogens with one attached hydrogen (secondary N) is 1. The lowest BCUT2D eigenvalue weighted by atomic mass is 10.1. The van der Waals surface area contributed by atoms with E-state index in [1.165, 1.54) is 23.6 Å². The summed E-state index contributed by atoms with van der Waals surface area (Å²) in [5.74, 6) is -0.141. The van der Waals surface area contributed by atoms with Gasteiger partial charge in [0, 0.05) is 11.8 Å². The summed E-state index contributed by atoms with van der Waals surface area (Å²) in [6.07, 6.45) is 6.61. The van der Waals surface area contributed by atoms with Gasteiger partial charge in [-0.25, -0.2) is 0 Å². The SMILES string of the molecule is NC(=O)COc1ccc(C=CC(=O)Nc2ccc3c(c2)CCC3)cc1. The number of primary amides is 1. The van der Waals surface area contributed by atoms with Crippen LogP contribution in [0, 0.1) is 0 Å². The lowest BCUT2D eigenvalue weighted by Crippen LogP contribution is -2.19. The molecule has 25 heavy (non-hydrogen) atoms. The van der Waals surface area contributed by atoms with E-state index >= 15 is 0 Å². The van der Waals surface area contributed by atoms with Crippen molar-refractivity contribution in [3.8, 4) is 5.75 Å². The first-order valence-corrected chi connectivity index (χ1v) is 8.22. The maximum atomic E-state index is 12.1. The fourth-order valence-corrected chi connectivity index (χ4v) is 2.84. The number of rotatable bonds is 6. The molecule has 5 heteroatoms. The third kappa shape index (κ3) is 4.70. The predicted octanol–water partition coefficient (Wildman–Crippen LogP) is 2.69. The van der Waals surface area contributed by atoms with Crippen LogP contribution in [-0.4, -0.2) is 18.4 Å². The minimum absolute atomic E-state index is 0.154. The Morgan fingerprint density at radius 3 is 2.60 bits per heavy atom. The normalized spacial score (nSPS) is 12.8. The molecule has 128 valence electrons. The summed E-state index contributed by atoms with van der Waals surface area (Å²) in [5, 5.41) is 2.88. The van der Waals surface area contributed by atoms with E-state index in [-0.39, 0.29) is 12.5 Å². The zero-order valence-corrected chi connectivity index (χ0v) is 13.8. The van der Waals surface area contributed by atoms with Gasteiger partial charge in [-0.15, -0.1) is 0 Å². The lowest BCUT2D eigenvalue weighted by molar-refractivity contribution is -0.120. The number of nitrogens with two attached hydrogens (primary N) is 1. The molecule has 0 saturated carbocycles. The molecule has 2 aromatic carbocycles. The van der Waals surface area contributed by atoms with E-state index in [4.69, 9.17) is 10.5 Å². The fraction of sp³-hybridized carbons (Fsp3) is 0.200. The van der Waals surface area contributed by atoms with Crippen molar-refractivity contribution in [2.45, 2.75) is 19.3 Å². The highest BCUT2D eigenvalue weighted by atomic mass is 16.5. The Hall–Kier alpha value is -3.08. The Morgan fingerprint density at radius 2 is 1.84 bits per heavy atom. The van der Waals surface area contributed by atoms with E-state index in [2.05, 4.69) is 17.4 Å². The second-order valence-corrected chi connectivity index (χ2v) is 5.98. The summed E-state index contributed by atoms with van der Waals surface area (Å²) in [5.41, 5.74) is 9.42. The smallest absolute Gasteiger partial charge is 0.255 e. The zero-order chi connectivity index (χ0) is 17.6. The average Bonchev–Trinajstić information content (AvgIpc) is 3.07. The van der Waals surface area contributed by atoms with Crippen molar-refractivity contribution >= 4 is 23.6 Å². The van der Waals surface area contributed by atoms with Gasteiger partial charge in [0.1, 0.15) is 5.75 Å². The molecule has 0 bridgehead atoms. The van der Waals surface area contributed by atoms with Gasteiger partial charge in [-0.2, -0.15) is 0 Å². The van der Waals surface area contributed by atoms with Gasteiger partial charge in [-0.3, -0.25) is 9.59 Å². The van der Waals surface area contributed by atoms with Gasteiger partial charge in [0.15, 0.2) is 6.61 Å². The highest BCUT2D eigenvalue weighted by molar-refractivity contribution is 6.02. The van der Waals surface area contributed by atoms with Gasteiger partial charge in [-0.1, -0.05) is 18.2 Å². The van der Waals surface area contributed by atoms with Crippen LogP contribution in [0.1, 0.15) is 23.1 Å². The molecule has 3 rings (SSSR count). The summed E-state index contributed by atoms with van der Waals surface area (Å²) in [4.78, 5) is 22.7. The summed E-state index contributed by atoms with van der Waals surface area (Å²) in [6, 6.07) is 13.1. The van der Waals surface area contributed by atoms with E-state index in [0.717, 1.165) is 24.1 Å². The molecule has 1 aliphatic rings. The maximum absolute atomic E-state index is 12.1. The molecule has 2 amide bonds. The summed E-state index contributed by atoms with van der Waals surface area (Å²) < 4.78 is 5.19. The van der Waals surface area contributed by atoms with Gasteiger partial charge in [0.2, 0.25) is 5.91 Å². The highest BCUT2D eigenvalue weighted by Gasteiger charge is 2.11. The number of hydrogen-bond donors (Lipinski definition) is 2. The van der Waals surface area contributed by atoms with E-state index in [9.17, 15) is 9.59 Å². The number of anilines is 1. The summed E-state index contributed by atoms with van der Waals surface area (Å²) >= 11 is 0. The molecule has 5 nitrogen and oxygen atoms in total. The Bertz CT molecular complexity index is 810. The molecule has 0 spiro atoms. The van der Waals surface area contributed by atoms with Crippen LogP contribution in [0.15, 0.2) is 48.5 Å². The first-order valence-electron chi connectivity index (χ1n) is 8.22. The van der Waals surface area contributed by atoms with Gasteiger partial charge in [-0.05, 0) is 66.3 Å². The largest absolute Gasteiger partial charge is 0.484 e. The van der Waals surface area contributed by atoms with Crippen LogP contribution in [-0.2, 0) is 22.4 Å². The minimum Gasteiger partial charge on any atom is -0.484 e. The first-order chi connectivity index (χ1) is 12.1. The molecule has 0 radical (unpaired) electrons. The highest BCUT2D eigenvalue weighted by Crippen LogP contribution is 2.24. The van der Waals surface area contributed by atoms with Crippen molar-refractivity contribution in [3.63, 3.8) is 0 Å². The summed E-state index contributed by atoms with van der Waals surface area (Å²) in [7, 11) is 0. The van der Waals surface area contributed by atoms with E-state index in [0.29, 0.717) is 5.75 Å². The number of aryl methyl sites for hydroxylation is 2. The Balaban J connectivity index is 1.56. The van der Waals surface area contributed by atoms with Crippen molar-refractivity contribution in [1.82, 2.24) is 0 Å². The summed E-state index contributed by atoms with van der Waals surface area (Å²) in [6.45, 7) is -0.154. The van der Waals surface area contributed by atoms with E-state index < -0.39 is 5.91 Å². The molecule has 0 aromatic heterocycles. The monoisotopic (exact) mass is 336 g/mol. The quantitative estimate of drug-likeness (QED) is 0.796. The molecule has 0 unspecified atom stereocenters. The fourth-order valence-electron chi connectivity index (χ4n) is 2.84. The molecule has 0 heterocycles. The van der Waals surface area contributed by atoms with Crippen LogP contribution in [0.3, 0.4) is 0 Å². The van der Waals surface area contributed by atoms with Crippen molar-refractivity contribution in [1.29, 1.82) is 0 Å². The number of hydrogen-bond acceptors (Lipinski definition) is 3. The molecule has 0 aliphatic heterocycles. The average molecular weight is 336 g/mol. The van der Waals surface area contributed by atoms with Crippen LogP contribution in [0.25, 0.3) is 6.08 Å². The standard InChI is InChI=1S/C20H20N2O3/c21-19(23)13-25-18-9-4-14(5-10-18)6-11-20(24)22-17-8-7-15-2-1-3-16(15)12-17/h4-12H,1-3,13H2,(H2,21,23)(H,22,24). The molecular formula is C20H20N2O3. The number of carbonyl (C=O) groups excluding carboxylic acids is 2. The van der Waals surface area contributed by atoms with Gasteiger partial charge in [0.25, 0.3) is 5.91 Å². The first kappa shape index (κ1) is 16.8. The zero-order valence-electron chi connectivity index (χ0n) is 13.8. The van der Waals surface area contributed by atoms with Gasteiger partial charge < -0.3 is 15.8 Å². The molecule has 3 N–H and O–H groups in total. The number of amides is 2. The number of ether oxygens (including phenoxy) is 1. The van der Waals surface area contributed by atoms with Crippen molar-refractivity contribution < 1.29 is 14.3 Å². The second-order valence-electron chi connectivity index (χ2n) is 5.98. The minimum atomic E-state index is -0.521. The van der Waals surface area contributed by atoms with Crippen LogP contribution in [0.5, 0.6) is 5.75 Å². The second kappa shape index (κ2) is 7.66. The van der Waals surface area contributed by atoms with Gasteiger partial charge >= 0.3 is 0 Å². The van der Waals surface area contributed by atoms with Crippen LogP contribution >= 0.6 is 0 Å². The Kier molecular flexibility index (Phi) is 5.14. The molecule has 1 aliphatic carbocycles. The van der Waals surface area contributed by atoms with Gasteiger partial charge in [0.05, 0.1) is 0 Å². The van der Waals surface area contributed by atoms with E-state index in [1.54, 1.807) is 30.3 Å². The molecule has 0 fully saturated rings. The molecular weight excluding hydrogens is 316 g/mol. The molecule has 0 saturated heterocycles. The number of fused-ring (bicyclic) bond motifs is 1. The molecule has 0 atom stereocenters. The van der Waals surface area contributed by atoms with Crippen molar-refractivity contribution in [2.75, 3.05) is 11.9 Å². The third-order valence-electron chi connectivity index (χ3n) is 4.05. The van der Waals surface area contributed by atoms with Crippen LogP contribution in [0.4, 0.5) is 5.69 Å². The Labute approximate surface area is 146 Å². The van der Waals surface area contributed by atoms with E-state index in [1.807, 2.05) is 6.07 Å². The van der Waals surface area contributed by atoms with Crippen molar-refractivity contribution in [2.24, 2.45) is 5.73 Å². The third-order valence-corrected chi connectivity index (χ3v) is 4.05. The topological polar surface area (TPSA) is 81.4 Å². The van der Waals surface area contributed by atoms with Crippen LogP contribution in [0.2, 0.25) is 0 Å². The number of carbonyl (C=O) groups is 2. The van der Waals surface area contributed by atoms with Crippen molar-refractivity contribution in [3.05, 3.63) is 65.2 Å². The molecule has 2 aromatic rings. The predicted molar refractivity (Wildman–Crippen MR) is 97.3 cm³/mol.